The molecule has 5 nitrogen and oxygen atoms in total. The maximum atomic E-state index is 12.1. The third kappa shape index (κ3) is 3.56. The molecule has 5 heteroatoms. The predicted molar refractivity (Wildman–Crippen MR) is 81.5 cm³/mol. The van der Waals surface area contributed by atoms with Crippen molar-refractivity contribution in [2.24, 2.45) is 0 Å². The molecule has 1 aliphatic carbocycles. The molecule has 0 aromatic heterocycles. The first-order valence-electron chi connectivity index (χ1n) is 7.14. The van der Waals surface area contributed by atoms with Crippen molar-refractivity contribution in [3.63, 3.8) is 0 Å². The van der Waals surface area contributed by atoms with Crippen molar-refractivity contribution >= 4 is 17.4 Å². The third-order valence-corrected chi connectivity index (χ3v) is 3.68. The number of hydrogen-bond acceptors (Lipinski definition) is 3. The second-order valence-corrected chi connectivity index (χ2v) is 5.50. The van der Waals surface area contributed by atoms with Crippen molar-refractivity contribution in [3.8, 4) is 5.75 Å². The minimum Gasteiger partial charge on any atom is -0.506 e. The predicted octanol–water partition coefficient (Wildman–Crippen LogP) is 2.91. The summed E-state index contributed by atoms with van der Waals surface area (Å²) < 4.78 is 0. The van der Waals surface area contributed by atoms with Gasteiger partial charge in [0.1, 0.15) is 11.4 Å². The van der Waals surface area contributed by atoms with Crippen LogP contribution in [0.3, 0.4) is 0 Å². The van der Waals surface area contributed by atoms with Gasteiger partial charge in [-0.05, 0) is 25.0 Å². The molecule has 0 heterocycles. The average molecular weight is 277 g/mol. The summed E-state index contributed by atoms with van der Waals surface area (Å²) in [5, 5.41) is 15.7. The molecule has 0 spiro atoms. The maximum Gasteiger partial charge on any atom is 0.319 e. The van der Waals surface area contributed by atoms with E-state index in [0.29, 0.717) is 5.69 Å². The Morgan fingerprint density at radius 1 is 1.25 bits per heavy atom. The highest BCUT2D eigenvalue weighted by molar-refractivity contribution is 5.95. The number of nitrogens with zero attached hydrogens (tertiary/aromatic N) is 1. The molecule has 110 valence electrons. The molecule has 1 fully saturated rings. The van der Waals surface area contributed by atoms with E-state index in [4.69, 9.17) is 0 Å². The molecule has 3 N–H and O–H groups in total. The van der Waals surface area contributed by atoms with Gasteiger partial charge in [-0.3, -0.25) is 0 Å². The lowest BCUT2D eigenvalue weighted by molar-refractivity contribution is 0.244. The van der Waals surface area contributed by atoms with Crippen molar-refractivity contribution < 1.29 is 9.90 Å². The summed E-state index contributed by atoms with van der Waals surface area (Å²) in [6.45, 7) is 0. The lowest BCUT2D eigenvalue weighted by Gasteiger charge is -2.24. The van der Waals surface area contributed by atoms with E-state index in [-0.39, 0.29) is 17.8 Å². The Morgan fingerprint density at radius 3 is 2.60 bits per heavy atom. The molecule has 1 aromatic carbocycles. The van der Waals surface area contributed by atoms with E-state index in [1.807, 2.05) is 25.1 Å². The van der Waals surface area contributed by atoms with Crippen LogP contribution in [-0.4, -0.2) is 31.3 Å². The van der Waals surface area contributed by atoms with Gasteiger partial charge in [0.15, 0.2) is 0 Å². The second-order valence-electron chi connectivity index (χ2n) is 5.50. The first kappa shape index (κ1) is 14.5. The quantitative estimate of drug-likeness (QED) is 0.744. The number of rotatable bonds is 3. The number of urea groups is 1. The molecule has 1 aliphatic rings. The summed E-state index contributed by atoms with van der Waals surface area (Å²) in [7, 11) is 3.75. The van der Waals surface area contributed by atoms with E-state index < -0.39 is 0 Å². The maximum absolute atomic E-state index is 12.1. The number of aromatic hydroxyl groups is 1. The Balaban J connectivity index is 2.03. The Bertz CT molecular complexity index is 468. The van der Waals surface area contributed by atoms with Crippen LogP contribution in [0.25, 0.3) is 0 Å². The van der Waals surface area contributed by atoms with Gasteiger partial charge in [0.25, 0.3) is 0 Å². The normalized spacial score (nSPS) is 15.7. The van der Waals surface area contributed by atoms with E-state index in [0.717, 1.165) is 18.5 Å². The molecule has 0 atom stereocenters. The highest BCUT2D eigenvalue weighted by Crippen LogP contribution is 2.33. The smallest absolute Gasteiger partial charge is 0.319 e. The Kier molecular flexibility index (Phi) is 4.71. The number of carbonyl (C=O) groups excluding carboxylic acids is 1. The van der Waals surface area contributed by atoms with E-state index >= 15 is 0 Å². The first-order chi connectivity index (χ1) is 9.58. The minimum absolute atomic E-state index is 0.0787. The number of amides is 2. The number of nitrogens with one attached hydrogen (secondary N) is 2. The van der Waals surface area contributed by atoms with Gasteiger partial charge >= 0.3 is 6.03 Å². The summed E-state index contributed by atoms with van der Waals surface area (Å²) >= 11 is 0. The van der Waals surface area contributed by atoms with Crippen molar-refractivity contribution in [1.29, 1.82) is 0 Å². The van der Waals surface area contributed by atoms with E-state index in [2.05, 4.69) is 10.6 Å². The highest BCUT2D eigenvalue weighted by Gasteiger charge is 2.17. The van der Waals surface area contributed by atoms with Gasteiger partial charge in [0.2, 0.25) is 0 Å². The number of hydrogen-bond donors (Lipinski definition) is 3. The standard InChI is InChI=1S/C15H23N3O2/c1-18(2)12-9-6-10-13(19)14(12)17-15(20)16-11-7-4-3-5-8-11/h6,9-11,19H,3-5,7-8H2,1-2H3,(H2,16,17,20). The van der Waals surface area contributed by atoms with Crippen LogP contribution in [0.1, 0.15) is 32.1 Å². The lowest BCUT2D eigenvalue weighted by Crippen LogP contribution is -2.39. The van der Waals surface area contributed by atoms with Crippen LogP contribution in [0.15, 0.2) is 18.2 Å². The highest BCUT2D eigenvalue weighted by atomic mass is 16.3. The zero-order valence-corrected chi connectivity index (χ0v) is 12.1. The molecule has 1 aromatic rings. The molecular weight excluding hydrogens is 254 g/mol. The molecule has 2 rings (SSSR count). The van der Waals surface area contributed by atoms with Crippen LogP contribution in [0.4, 0.5) is 16.2 Å². The topological polar surface area (TPSA) is 64.6 Å². The lowest BCUT2D eigenvalue weighted by atomic mass is 9.96. The zero-order valence-electron chi connectivity index (χ0n) is 12.1. The number of para-hydroxylation sites is 1. The number of anilines is 2. The molecule has 0 bridgehead atoms. The molecule has 0 saturated heterocycles. The number of carbonyl (C=O) groups is 1. The molecule has 0 radical (unpaired) electrons. The van der Waals surface area contributed by atoms with E-state index in [1.54, 1.807) is 12.1 Å². The molecule has 20 heavy (non-hydrogen) atoms. The van der Waals surface area contributed by atoms with Crippen LogP contribution < -0.4 is 15.5 Å². The van der Waals surface area contributed by atoms with Gasteiger partial charge in [-0.15, -0.1) is 0 Å². The fourth-order valence-corrected chi connectivity index (χ4v) is 2.61. The minimum atomic E-state index is -0.249. The summed E-state index contributed by atoms with van der Waals surface area (Å²) in [5.74, 6) is 0.0787. The van der Waals surface area contributed by atoms with E-state index in [1.165, 1.54) is 19.3 Å². The van der Waals surface area contributed by atoms with Crippen molar-refractivity contribution in [1.82, 2.24) is 5.32 Å². The van der Waals surface area contributed by atoms with Crippen LogP contribution in [0.5, 0.6) is 5.75 Å². The Morgan fingerprint density at radius 2 is 1.95 bits per heavy atom. The Hall–Kier alpha value is -1.91. The summed E-state index contributed by atoms with van der Waals surface area (Å²) in [6, 6.07) is 5.19. The van der Waals surface area contributed by atoms with E-state index in [9.17, 15) is 9.90 Å². The second kappa shape index (κ2) is 6.50. The fraction of sp³-hybridized carbons (Fsp3) is 0.533. The number of phenols is 1. The first-order valence-corrected chi connectivity index (χ1v) is 7.14. The van der Waals surface area contributed by atoms with Gasteiger partial charge in [-0.2, -0.15) is 0 Å². The van der Waals surface area contributed by atoms with Crippen molar-refractivity contribution in [2.45, 2.75) is 38.1 Å². The summed E-state index contributed by atoms with van der Waals surface area (Å²) in [6.07, 6.45) is 5.67. The molecule has 0 aliphatic heterocycles. The van der Waals surface area contributed by atoms with Crippen LogP contribution in [-0.2, 0) is 0 Å². The molecule has 0 unspecified atom stereocenters. The zero-order chi connectivity index (χ0) is 14.5. The van der Waals surface area contributed by atoms with Gasteiger partial charge in [-0.25, -0.2) is 4.79 Å². The van der Waals surface area contributed by atoms with Gasteiger partial charge in [-0.1, -0.05) is 25.3 Å². The monoisotopic (exact) mass is 277 g/mol. The van der Waals surface area contributed by atoms with Crippen LogP contribution in [0, 0.1) is 0 Å². The molecular formula is C15H23N3O2. The number of benzene rings is 1. The third-order valence-electron chi connectivity index (χ3n) is 3.68. The Labute approximate surface area is 120 Å². The average Bonchev–Trinajstić information content (AvgIpc) is 2.42. The summed E-state index contributed by atoms with van der Waals surface area (Å²) in [5.41, 5.74) is 1.23. The molecule has 2 amide bonds. The van der Waals surface area contributed by atoms with Gasteiger partial charge < -0.3 is 20.6 Å². The summed E-state index contributed by atoms with van der Waals surface area (Å²) in [4.78, 5) is 13.9. The van der Waals surface area contributed by atoms with Gasteiger partial charge in [0.05, 0.1) is 5.69 Å². The fourth-order valence-electron chi connectivity index (χ4n) is 2.61. The molecule has 1 saturated carbocycles. The number of phenolic OH excluding ortho intramolecular Hbond substituents is 1. The van der Waals surface area contributed by atoms with Crippen LogP contribution >= 0.6 is 0 Å². The SMILES string of the molecule is CN(C)c1cccc(O)c1NC(=O)NC1CCCCC1. The van der Waals surface area contributed by atoms with Crippen molar-refractivity contribution in [3.05, 3.63) is 18.2 Å². The largest absolute Gasteiger partial charge is 0.506 e. The van der Waals surface area contributed by atoms with Crippen molar-refractivity contribution in [2.75, 3.05) is 24.3 Å². The van der Waals surface area contributed by atoms with Crippen LogP contribution in [0.2, 0.25) is 0 Å². The van der Waals surface area contributed by atoms with Gasteiger partial charge in [0, 0.05) is 20.1 Å².